The average molecular weight is 274 g/mol. The molecular weight excluding hydrogens is 259 g/mol. The number of carbonyl (C=O) groups excluding carboxylic acids is 1. The van der Waals surface area contributed by atoms with Crippen LogP contribution >= 0.6 is 7.82 Å². The Morgan fingerprint density at radius 2 is 2.17 bits per heavy atom. The van der Waals surface area contributed by atoms with Gasteiger partial charge in [-0.3, -0.25) is 9.32 Å². The minimum Gasteiger partial charge on any atom is -0.491 e. The van der Waals surface area contributed by atoms with E-state index in [1.54, 1.807) is 31.2 Å². The molecule has 0 amide bonds. The molecule has 1 aromatic rings. The van der Waals surface area contributed by atoms with Crippen molar-refractivity contribution >= 4 is 14.1 Å². The van der Waals surface area contributed by atoms with E-state index < -0.39 is 7.82 Å². The summed E-state index contributed by atoms with van der Waals surface area (Å²) in [6.07, 6.45) is 0.767. The van der Waals surface area contributed by atoms with E-state index in [1.165, 1.54) is 0 Å². The molecule has 6 nitrogen and oxygen atoms in total. The van der Waals surface area contributed by atoms with Crippen molar-refractivity contribution in [1.82, 2.24) is 0 Å². The molecule has 0 heterocycles. The summed E-state index contributed by atoms with van der Waals surface area (Å²) in [7, 11) is -4.42. The summed E-state index contributed by atoms with van der Waals surface area (Å²) in [5.74, 6) is 0.531. The topological polar surface area (TPSA) is 93.1 Å². The second-order valence-corrected chi connectivity index (χ2v) is 4.97. The van der Waals surface area contributed by atoms with Crippen LogP contribution in [0.4, 0.5) is 0 Å². The fraction of sp³-hybridized carbons (Fsp3) is 0.364. The van der Waals surface area contributed by atoms with Gasteiger partial charge in [-0.15, -0.1) is 0 Å². The Balaban J connectivity index is 2.41. The molecule has 0 saturated heterocycles. The first-order chi connectivity index (χ1) is 8.40. The lowest BCUT2D eigenvalue weighted by Crippen LogP contribution is -2.14. The predicted octanol–water partition coefficient (Wildman–Crippen LogP) is 1.77. The third-order valence-electron chi connectivity index (χ3n) is 2.12. The molecule has 1 atom stereocenters. The number of ether oxygens (including phenoxy) is 1. The number of benzene rings is 1. The summed E-state index contributed by atoms with van der Waals surface area (Å²) in [4.78, 5) is 27.6. The Morgan fingerprint density at radius 3 is 2.78 bits per heavy atom. The summed E-state index contributed by atoms with van der Waals surface area (Å²) < 4.78 is 20.2. The van der Waals surface area contributed by atoms with Crippen molar-refractivity contribution in [2.24, 2.45) is 0 Å². The molecule has 0 fully saturated rings. The molecule has 0 aliphatic rings. The molecule has 0 aliphatic heterocycles. The lowest BCUT2D eigenvalue weighted by atomic mass is 10.2. The molecule has 0 aliphatic carbocycles. The van der Waals surface area contributed by atoms with E-state index in [4.69, 9.17) is 14.5 Å². The highest BCUT2D eigenvalue weighted by molar-refractivity contribution is 7.46. The van der Waals surface area contributed by atoms with Crippen molar-refractivity contribution in [2.75, 3.05) is 6.61 Å². The maximum atomic E-state index is 10.6. The third kappa shape index (κ3) is 5.93. The molecule has 0 radical (unpaired) electrons. The Bertz CT molecular complexity index is 441. The molecule has 1 unspecified atom stereocenters. The number of carbonyl (C=O) groups is 1. The van der Waals surface area contributed by atoms with E-state index in [9.17, 15) is 9.36 Å². The smallest absolute Gasteiger partial charge is 0.469 e. The first-order valence-electron chi connectivity index (χ1n) is 5.32. The lowest BCUT2D eigenvalue weighted by Gasteiger charge is -2.15. The summed E-state index contributed by atoms with van der Waals surface area (Å²) in [5, 5.41) is 0. The van der Waals surface area contributed by atoms with Crippen LogP contribution in [0.25, 0.3) is 0 Å². The molecule has 0 aromatic heterocycles. The van der Waals surface area contributed by atoms with Crippen molar-refractivity contribution in [2.45, 2.75) is 19.4 Å². The second-order valence-electron chi connectivity index (χ2n) is 3.73. The van der Waals surface area contributed by atoms with Gasteiger partial charge in [-0.1, -0.05) is 12.1 Å². The van der Waals surface area contributed by atoms with Crippen molar-refractivity contribution in [1.29, 1.82) is 0 Å². The molecule has 2 N–H and O–H groups in total. The highest BCUT2D eigenvalue weighted by Crippen LogP contribution is 2.35. The average Bonchev–Trinajstić information content (AvgIpc) is 2.27. The fourth-order valence-corrected chi connectivity index (χ4v) is 1.63. The lowest BCUT2D eigenvalue weighted by molar-refractivity contribution is 0.112. The first-order valence-corrected chi connectivity index (χ1v) is 6.86. The van der Waals surface area contributed by atoms with Gasteiger partial charge in [-0.05, 0) is 19.1 Å². The van der Waals surface area contributed by atoms with Crippen molar-refractivity contribution in [3.63, 3.8) is 0 Å². The quantitative estimate of drug-likeness (QED) is 0.581. The van der Waals surface area contributed by atoms with Crippen LogP contribution < -0.4 is 4.74 Å². The SMILES string of the molecule is CC(CCOP(=O)(O)O)Oc1cccc(C=O)c1. The predicted molar refractivity (Wildman–Crippen MR) is 64.5 cm³/mol. The minimum atomic E-state index is -4.42. The van der Waals surface area contributed by atoms with Crippen LogP contribution in [-0.4, -0.2) is 28.8 Å². The van der Waals surface area contributed by atoms with Gasteiger partial charge in [-0.25, -0.2) is 4.57 Å². The first kappa shape index (κ1) is 14.9. The monoisotopic (exact) mass is 274 g/mol. The second kappa shape index (κ2) is 6.66. The van der Waals surface area contributed by atoms with Crippen LogP contribution in [0.3, 0.4) is 0 Å². The van der Waals surface area contributed by atoms with Gasteiger partial charge in [0.2, 0.25) is 0 Å². The van der Waals surface area contributed by atoms with Gasteiger partial charge in [0.15, 0.2) is 0 Å². The van der Waals surface area contributed by atoms with Crippen LogP contribution in [0, 0.1) is 0 Å². The standard InChI is InChI=1S/C11H15O6P/c1-9(5-6-16-18(13,14)15)17-11-4-2-3-10(7-11)8-12/h2-4,7-9H,5-6H2,1H3,(H2,13,14,15). The molecule has 100 valence electrons. The number of aldehydes is 1. The number of rotatable bonds is 7. The van der Waals surface area contributed by atoms with Crippen LogP contribution in [-0.2, 0) is 9.09 Å². The maximum absolute atomic E-state index is 10.6. The van der Waals surface area contributed by atoms with Gasteiger partial charge < -0.3 is 14.5 Å². The maximum Gasteiger partial charge on any atom is 0.469 e. The fourth-order valence-electron chi connectivity index (χ4n) is 1.29. The van der Waals surface area contributed by atoms with Gasteiger partial charge in [0.05, 0.1) is 12.7 Å². The highest BCUT2D eigenvalue weighted by Gasteiger charge is 2.14. The minimum absolute atomic E-state index is 0.0984. The Kier molecular flexibility index (Phi) is 5.50. The van der Waals surface area contributed by atoms with E-state index in [0.717, 1.165) is 0 Å². The zero-order valence-corrected chi connectivity index (χ0v) is 10.7. The van der Waals surface area contributed by atoms with Gasteiger partial charge in [0.1, 0.15) is 12.0 Å². The van der Waals surface area contributed by atoms with E-state index in [1.807, 2.05) is 0 Å². The van der Waals surface area contributed by atoms with Crippen molar-refractivity contribution in [3.05, 3.63) is 29.8 Å². The molecule has 1 aromatic carbocycles. The summed E-state index contributed by atoms with van der Waals surface area (Å²) in [6, 6.07) is 6.64. The largest absolute Gasteiger partial charge is 0.491 e. The molecule has 18 heavy (non-hydrogen) atoms. The molecule has 0 spiro atoms. The molecule has 7 heteroatoms. The third-order valence-corrected chi connectivity index (χ3v) is 2.63. The van der Waals surface area contributed by atoms with Gasteiger partial charge in [0.25, 0.3) is 0 Å². The number of hydrogen-bond donors (Lipinski definition) is 2. The van der Waals surface area contributed by atoms with Gasteiger partial charge in [-0.2, -0.15) is 0 Å². The Morgan fingerprint density at radius 1 is 1.44 bits per heavy atom. The van der Waals surface area contributed by atoms with E-state index in [0.29, 0.717) is 24.0 Å². The number of hydrogen-bond acceptors (Lipinski definition) is 4. The zero-order valence-electron chi connectivity index (χ0n) is 9.85. The van der Waals surface area contributed by atoms with Crippen LogP contribution in [0.5, 0.6) is 5.75 Å². The molecule has 0 bridgehead atoms. The van der Waals surface area contributed by atoms with Gasteiger partial charge >= 0.3 is 7.82 Å². The molecular formula is C11H15O6P. The highest BCUT2D eigenvalue weighted by atomic mass is 31.2. The summed E-state index contributed by atoms with van der Waals surface area (Å²) in [5.41, 5.74) is 0.506. The molecule has 1 rings (SSSR count). The number of phosphoric acid groups is 1. The number of phosphoric ester groups is 1. The van der Waals surface area contributed by atoms with Crippen molar-refractivity contribution < 1.29 is 28.4 Å². The summed E-state index contributed by atoms with van der Waals surface area (Å²) in [6.45, 7) is 1.65. The Labute approximate surface area is 105 Å². The van der Waals surface area contributed by atoms with Crippen LogP contribution in [0.2, 0.25) is 0 Å². The Hall–Kier alpha value is -1.20. The molecule has 0 saturated carbocycles. The van der Waals surface area contributed by atoms with E-state index in [-0.39, 0.29) is 12.7 Å². The van der Waals surface area contributed by atoms with E-state index >= 15 is 0 Å². The van der Waals surface area contributed by atoms with Crippen molar-refractivity contribution in [3.8, 4) is 5.75 Å². The van der Waals surface area contributed by atoms with Crippen LogP contribution in [0.1, 0.15) is 23.7 Å². The normalized spacial score (nSPS) is 13.1. The van der Waals surface area contributed by atoms with E-state index in [2.05, 4.69) is 4.52 Å². The van der Waals surface area contributed by atoms with Crippen LogP contribution in [0.15, 0.2) is 24.3 Å². The zero-order chi connectivity index (χ0) is 13.6. The summed E-state index contributed by atoms with van der Waals surface area (Å²) >= 11 is 0. The van der Waals surface area contributed by atoms with Gasteiger partial charge in [0, 0.05) is 12.0 Å².